The molecular weight excluding hydrogens is 238 g/mol. The van der Waals surface area contributed by atoms with Crippen molar-refractivity contribution >= 4 is 16.6 Å². The summed E-state index contributed by atoms with van der Waals surface area (Å²) in [6.07, 6.45) is 1.13. The van der Waals surface area contributed by atoms with Crippen molar-refractivity contribution in [3.8, 4) is 0 Å². The number of hydrogen-bond donors (Lipinski definition) is 2. The van der Waals surface area contributed by atoms with Crippen molar-refractivity contribution in [2.24, 2.45) is 0 Å². The van der Waals surface area contributed by atoms with Crippen molar-refractivity contribution in [1.29, 1.82) is 0 Å². The van der Waals surface area contributed by atoms with Crippen LogP contribution in [0.4, 0.5) is 5.82 Å². The number of nitrogens with zero attached hydrogens (tertiary/aromatic N) is 1. The molecule has 0 radical (unpaired) electrons. The third kappa shape index (κ3) is 2.24. The van der Waals surface area contributed by atoms with Gasteiger partial charge in [0.1, 0.15) is 5.82 Å². The van der Waals surface area contributed by atoms with Crippen molar-refractivity contribution in [1.82, 2.24) is 10.3 Å². The Morgan fingerprint density at radius 2 is 2.21 bits per heavy atom. The van der Waals surface area contributed by atoms with Crippen LogP contribution in [0.3, 0.4) is 0 Å². The van der Waals surface area contributed by atoms with Crippen LogP contribution in [0.25, 0.3) is 10.8 Å². The monoisotopic (exact) mass is 257 g/mol. The quantitative estimate of drug-likeness (QED) is 0.880. The molecular formula is C15H19N3O. The van der Waals surface area contributed by atoms with Gasteiger partial charge in [0.15, 0.2) is 0 Å². The Balaban J connectivity index is 2.06. The summed E-state index contributed by atoms with van der Waals surface area (Å²) in [5, 5.41) is 5.14. The van der Waals surface area contributed by atoms with Gasteiger partial charge in [-0.1, -0.05) is 18.2 Å². The molecule has 1 fully saturated rings. The summed E-state index contributed by atoms with van der Waals surface area (Å²) in [7, 11) is 0. The number of anilines is 1. The fourth-order valence-electron chi connectivity index (χ4n) is 2.88. The summed E-state index contributed by atoms with van der Waals surface area (Å²) in [6.45, 7) is 5.08. The minimum Gasteiger partial charge on any atom is -0.354 e. The molecule has 3 rings (SSSR count). The van der Waals surface area contributed by atoms with Gasteiger partial charge in [-0.05, 0) is 37.4 Å². The predicted octanol–water partition coefficient (Wildman–Crippen LogP) is 1.72. The number of fused-ring (bicyclic) bond motifs is 1. The van der Waals surface area contributed by atoms with Gasteiger partial charge < -0.3 is 15.2 Å². The lowest BCUT2D eigenvalue weighted by Crippen LogP contribution is -2.38. The molecule has 1 aliphatic rings. The van der Waals surface area contributed by atoms with Gasteiger partial charge in [-0.25, -0.2) is 0 Å². The predicted molar refractivity (Wildman–Crippen MR) is 78.9 cm³/mol. The van der Waals surface area contributed by atoms with Gasteiger partial charge in [-0.2, -0.15) is 0 Å². The van der Waals surface area contributed by atoms with E-state index >= 15 is 0 Å². The Morgan fingerprint density at radius 3 is 2.95 bits per heavy atom. The molecule has 100 valence electrons. The van der Waals surface area contributed by atoms with Gasteiger partial charge >= 0.3 is 0 Å². The van der Waals surface area contributed by atoms with Crippen LogP contribution in [0.2, 0.25) is 0 Å². The zero-order chi connectivity index (χ0) is 13.2. The molecule has 4 heteroatoms. The number of benzene rings is 1. The number of H-pyrrole nitrogens is 1. The first-order chi connectivity index (χ1) is 9.29. The highest BCUT2D eigenvalue weighted by Crippen LogP contribution is 2.20. The molecule has 0 saturated carbocycles. The molecule has 1 atom stereocenters. The van der Waals surface area contributed by atoms with E-state index in [2.05, 4.69) is 28.2 Å². The molecule has 1 aliphatic heterocycles. The van der Waals surface area contributed by atoms with Gasteiger partial charge in [-0.15, -0.1) is 0 Å². The van der Waals surface area contributed by atoms with Crippen molar-refractivity contribution in [3.63, 3.8) is 0 Å². The van der Waals surface area contributed by atoms with E-state index < -0.39 is 0 Å². The molecule has 0 aliphatic carbocycles. The van der Waals surface area contributed by atoms with Crippen LogP contribution < -0.4 is 15.8 Å². The second kappa shape index (κ2) is 5.05. The maximum Gasteiger partial charge on any atom is 0.257 e. The van der Waals surface area contributed by atoms with Crippen LogP contribution in [0, 0.1) is 0 Å². The minimum atomic E-state index is -0.00231. The molecule has 1 unspecified atom stereocenters. The van der Waals surface area contributed by atoms with E-state index in [9.17, 15) is 4.79 Å². The normalized spacial score (nSPS) is 18.9. The molecule has 0 amide bonds. The maximum atomic E-state index is 12.1. The summed E-state index contributed by atoms with van der Waals surface area (Å²) in [4.78, 5) is 17.4. The van der Waals surface area contributed by atoms with Gasteiger partial charge in [0.05, 0.1) is 0 Å². The third-order valence-electron chi connectivity index (χ3n) is 3.86. The Bertz CT molecular complexity index is 629. The highest BCUT2D eigenvalue weighted by molar-refractivity contribution is 5.83. The van der Waals surface area contributed by atoms with Crippen LogP contribution in [-0.4, -0.2) is 30.7 Å². The first-order valence-corrected chi connectivity index (χ1v) is 6.89. The van der Waals surface area contributed by atoms with Crippen LogP contribution >= 0.6 is 0 Å². The average Bonchev–Trinajstić information content (AvgIpc) is 2.94. The van der Waals surface area contributed by atoms with Crippen molar-refractivity contribution in [3.05, 3.63) is 40.7 Å². The Labute approximate surface area is 112 Å². The lowest BCUT2D eigenvalue weighted by atomic mass is 10.1. The van der Waals surface area contributed by atoms with Crippen molar-refractivity contribution in [2.75, 3.05) is 24.5 Å². The molecule has 19 heavy (non-hydrogen) atoms. The van der Waals surface area contributed by atoms with Crippen molar-refractivity contribution < 1.29 is 0 Å². The van der Waals surface area contributed by atoms with Gasteiger partial charge in [-0.3, -0.25) is 4.79 Å². The zero-order valence-corrected chi connectivity index (χ0v) is 11.1. The fourth-order valence-corrected chi connectivity index (χ4v) is 2.88. The standard InChI is InChI=1S/C15H19N3O/c1-2-18(12-7-8-16-10-12)14-9-11-5-3-4-6-13(11)15(19)17-14/h3-6,9,12,16H,2,7-8,10H2,1H3,(H,17,19). The Morgan fingerprint density at radius 1 is 1.37 bits per heavy atom. The Hall–Kier alpha value is -1.81. The number of likely N-dealkylation sites (N-methyl/N-ethyl adjacent to an activating group) is 1. The summed E-state index contributed by atoms with van der Waals surface area (Å²) >= 11 is 0. The lowest BCUT2D eigenvalue weighted by Gasteiger charge is -2.29. The molecule has 0 spiro atoms. The van der Waals surface area contributed by atoms with E-state index in [1.165, 1.54) is 0 Å². The Kier molecular flexibility index (Phi) is 3.25. The zero-order valence-electron chi connectivity index (χ0n) is 11.1. The molecule has 2 aromatic rings. The summed E-state index contributed by atoms with van der Waals surface area (Å²) < 4.78 is 0. The molecule has 1 saturated heterocycles. The highest BCUT2D eigenvalue weighted by Gasteiger charge is 2.22. The number of rotatable bonds is 3. The first kappa shape index (κ1) is 12.2. The number of aromatic nitrogens is 1. The first-order valence-electron chi connectivity index (χ1n) is 6.89. The molecule has 1 aromatic carbocycles. The molecule has 2 N–H and O–H groups in total. The second-order valence-electron chi connectivity index (χ2n) is 5.00. The number of aromatic amines is 1. The van der Waals surface area contributed by atoms with Crippen LogP contribution in [-0.2, 0) is 0 Å². The van der Waals surface area contributed by atoms with Crippen LogP contribution in [0.5, 0.6) is 0 Å². The molecule has 1 aromatic heterocycles. The highest BCUT2D eigenvalue weighted by atomic mass is 16.1. The van der Waals surface area contributed by atoms with E-state index in [-0.39, 0.29) is 5.56 Å². The van der Waals surface area contributed by atoms with E-state index in [1.807, 2.05) is 24.3 Å². The summed E-state index contributed by atoms with van der Waals surface area (Å²) in [6, 6.07) is 10.3. The van der Waals surface area contributed by atoms with Crippen LogP contribution in [0.1, 0.15) is 13.3 Å². The summed E-state index contributed by atoms with van der Waals surface area (Å²) in [5.41, 5.74) is -0.00231. The average molecular weight is 257 g/mol. The SMILES string of the molecule is CCN(c1cc2ccccc2c(=O)[nH]1)C1CCNC1. The largest absolute Gasteiger partial charge is 0.354 e. The minimum absolute atomic E-state index is 0.00231. The fraction of sp³-hybridized carbons (Fsp3) is 0.400. The van der Waals surface area contributed by atoms with Crippen LogP contribution in [0.15, 0.2) is 35.1 Å². The van der Waals surface area contributed by atoms with E-state index in [4.69, 9.17) is 0 Å². The van der Waals surface area contributed by atoms with Crippen molar-refractivity contribution in [2.45, 2.75) is 19.4 Å². The van der Waals surface area contributed by atoms with E-state index in [0.29, 0.717) is 6.04 Å². The van der Waals surface area contributed by atoms with Gasteiger partial charge in [0.25, 0.3) is 5.56 Å². The van der Waals surface area contributed by atoms with Gasteiger partial charge in [0.2, 0.25) is 0 Å². The van der Waals surface area contributed by atoms with E-state index in [0.717, 1.165) is 42.6 Å². The molecule has 2 heterocycles. The maximum absolute atomic E-state index is 12.1. The van der Waals surface area contributed by atoms with Gasteiger partial charge in [0, 0.05) is 24.5 Å². The molecule has 4 nitrogen and oxygen atoms in total. The number of nitrogens with one attached hydrogen (secondary N) is 2. The van der Waals surface area contributed by atoms with E-state index in [1.54, 1.807) is 0 Å². The number of pyridine rings is 1. The smallest absolute Gasteiger partial charge is 0.257 e. The second-order valence-corrected chi connectivity index (χ2v) is 5.00. The number of hydrogen-bond acceptors (Lipinski definition) is 3. The summed E-state index contributed by atoms with van der Waals surface area (Å²) in [5.74, 6) is 0.930. The third-order valence-corrected chi connectivity index (χ3v) is 3.86. The lowest BCUT2D eigenvalue weighted by molar-refractivity contribution is 0.640. The molecule has 0 bridgehead atoms. The topological polar surface area (TPSA) is 48.1 Å².